The highest BCUT2D eigenvalue weighted by molar-refractivity contribution is 7.89. The Bertz CT molecular complexity index is 1180. The number of rotatable bonds is 6. The molecule has 1 saturated heterocycles. The fraction of sp³-hybridized carbons (Fsp3) is 0.333. The first kappa shape index (κ1) is 22.6. The average molecular weight is 470 g/mol. The molecule has 1 aliphatic rings. The average Bonchev–Trinajstić information content (AvgIpc) is 3.28. The van der Waals surface area contributed by atoms with Crippen molar-refractivity contribution in [3.63, 3.8) is 0 Å². The summed E-state index contributed by atoms with van der Waals surface area (Å²) in [6.07, 6.45) is 1.23. The molecule has 1 amide bonds. The van der Waals surface area contributed by atoms with Crippen molar-refractivity contribution < 1.29 is 13.2 Å². The lowest BCUT2D eigenvalue weighted by Gasteiger charge is -2.34. The van der Waals surface area contributed by atoms with Crippen LogP contribution in [0.25, 0.3) is 10.6 Å². The van der Waals surface area contributed by atoms with Crippen molar-refractivity contribution in [1.82, 2.24) is 14.2 Å². The molecule has 6 nitrogen and oxygen atoms in total. The smallest absolute Gasteiger partial charge is 0.243 e. The van der Waals surface area contributed by atoms with Crippen LogP contribution in [-0.4, -0.2) is 54.7 Å². The van der Waals surface area contributed by atoms with E-state index in [1.807, 2.05) is 12.3 Å². The highest BCUT2D eigenvalue weighted by Gasteiger charge is 2.30. The Morgan fingerprint density at radius 2 is 1.66 bits per heavy atom. The molecule has 2 aromatic carbocycles. The van der Waals surface area contributed by atoms with Gasteiger partial charge in [-0.1, -0.05) is 48.9 Å². The van der Waals surface area contributed by atoms with E-state index in [1.165, 1.54) is 21.2 Å². The minimum atomic E-state index is -3.53. The number of hydrogen-bond donors (Lipinski definition) is 0. The van der Waals surface area contributed by atoms with E-state index in [2.05, 4.69) is 36.2 Å². The van der Waals surface area contributed by atoms with Crippen molar-refractivity contribution in [3.05, 3.63) is 70.7 Å². The number of thiazole rings is 1. The van der Waals surface area contributed by atoms with Crippen molar-refractivity contribution >= 4 is 27.3 Å². The number of aromatic nitrogens is 1. The van der Waals surface area contributed by atoms with Gasteiger partial charge in [0.05, 0.1) is 17.0 Å². The molecule has 3 aromatic rings. The second-order valence-electron chi connectivity index (χ2n) is 7.97. The van der Waals surface area contributed by atoms with Gasteiger partial charge in [0.1, 0.15) is 5.01 Å². The van der Waals surface area contributed by atoms with E-state index in [4.69, 9.17) is 0 Å². The fourth-order valence-electron chi connectivity index (χ4n) is 3.71. The second-order valence-corrected chi connectivity index (χ2v) is 10.8. The Morgan fingerprint density at radius 1 is 1.00 bits per heavy atom. The number of piperazine rings is 1. The van der Waals surface area contributed by atoms with Gasteiger partial charge in [0.25, 0.3) is 0 Å². The lowest BCUT2D eigenvalue weighted by atomic mass is 10.1. The number of benzene rings is 2. The Morgan fingerprint density at radius 3 is 2.28 bits per heavy atom. The van der Waals surface area contributed by atoms with Gasteiger partial charge in [-0.25, -0.2) is 13.4 Å². The van der Waals surface area contributed by atoms with Gasteiger partial charge >= 0.3 is 0 Å². The van der Waals surface area contributed by atoms with E-state index >= 15 is 0 Å². The molecule has 32 heavy (non-hydrogen) atoms. The lowest BCUT2D eigenvalue weighted by molar-refractivity contribution is -0.131. The standard InChI is InChI=1S/C24H27N3O3S2/c1-3-19-6-8-20(9-7-19)24-25-21(17-31-24)16-23(28)26-12-14-27(15-13-26)32(29,30)22-10-4-18(2)5-11-22/h4-11,17H,3,12-16H2,1-2H3. The molecular weight excluding hydrogens is 442 g/mol. The first-order valence-corrected chi connectivity index (χ1v) is 13.1. The van der Waals surface area contributed by atoms with Crippen LogP contribution in [0.3, 0.4) is 0 Å². The van der Waals surface area contributed by atoms with E-state index in [-0.39, 0.29) is 12.3 Å². The highest BCUT2D eigenvalue weighted by Crippen LogP contribution is 2.25. The summed E-state index contributed by atoms with van der Waals surface area (Å²) in [5, 5.41) is 2.84. The molecule has 1 aliphatic heterocycles. The molecule has 2 heterocycles. The molecule has 4 rings (SSSR count). The third-order valence-corrected chi connectivity index (χ3v) is 8.60. The second kappa shape index (κ2) is 9.52. The number of aryl methyl sites for hydroxylation is 2. The third-order valence-electron chi connectivity index (χ3n) is 5.74. The Kier molecular flexibility index (Phi) is 6.74. The molecule has 1 fully saturated rings. The molecule has 0 radical (unpaired) electrons. The van der Waals surface area contributed by atoms with Crippen molar-refractivity contribution in [3.8, 4) is 10.6 Å². The van der Waals surface area contributed by atoms with Gasteiger partial charge in [0.15, 0.2) is 0 Å². The molecule has 0 unspecified atom stereocenters. The van der Waals surface area contributed by atoms with Gasteiger partial charge in [-0.3, -0.25) is 4.79 Å². The molecule has 168 valence electrons. The maximum Gasteiger partial charge on any atom is 0.243 e. The van der Waals surface area contributed by atoms with E-state index < -0.39 is 10.0 Å². The van der Waals surface area contributed by atoms with Gasteiger partial charge in [0.2, 0.25) is 15.9 Å². The molecular formula is C24H27N3O3S2. The summed E-state index contributed by atoms with van der Waals surface area (Å²) < 4.78 is 27.2. The molecule has 0 atom stereocenters. The highest BCUT2D eigenvalue weighted by atomic mass is 32.2. The number of amides is 1. The summed E-state index contributed by atoms with van der Waals surface area (Å²) in [6, 6.07) is 15.2. The van der Waals surface area contributed by atoms with Crippen LogP contribution in [0.15, 0.2) is 58.8 Å². The van der Waals surface area contributed by atoms with Crippen LogP contribution in [0, 0.1) is 6.92 Å². The van der Waals surface area contributed by atoms with Crippen molar-refractivity contribution in [1.29, 1.82) is 0 Å². The normalized spacial score (nSPS) is 15.1. The number of nitrogens with zero attached hydrogens (tertiary/aromatic N) is 3. The zero-order chi connectivity index (χ0) is 22.7. The lowest BCUT2D eigenvalue weighted by Crippen LogP contribution is -2.50. The summed E-state index contributed by atoms with van der Waals surface area (Å²) in [7, 11) is -3.53. The van der Waals surface area contributed by atoms with Crippen LogP contribution in [0.1, 0.15) is 23.7 Å². The van der Waals surface area contributed by atoms with E-state index in [0.717, 1.165) is 28.2 Å². The van der Waals surface area contributed by atoms with Gasteiger partial charge in [-0.15, -0.1) is 11.3 Å². The quantitative estimate of drug-likeness (QED) is 0.551. The predicted molar refractivity (Wildman–Crippen MR) is 127 cm³/mol. The fourth-order valence-corrected chi connectivity index (χ4v) is 5.96. The maximum atomic E-state index is 12.9. The van der Waals surface area contributed by atoms with Crippen LogP contribution in [0.5, 0.6) is 0 Å². The molecule has 8 heteroatoms. The Hall–Kier alpha value is -2.55. The Labute approximate surface area is 193 Å². The van der Waals surface area contributed by atoms with Gasteiger partial charge < -0.3 is 4.90 Å². The van der Waals surface area contributed by atoms with Crippen LogP contribution in [-0.2, 0) is 27.7 Å². The molecule has 0 aliphatic carbocycles. The predicted octanol–water partition coefficient (Wildman–Crippen LogP) is 3.76. The van der Waals surface area contributed by atoms with Gasteiger partial charge in [0, 0.05) is 37.1 Å². The topological polar surface area (TPSA) is 70.6 Å². The summed E-state index contributed by atoms with van der Waals surface area (Å²) in [6.45, 7) is 5.43. The number of carbonyl (C=O) groups is 1. The summed E-state index contributed by atoms with van der Waals surface area (Å²) in [5.41, 5.74) is 4.11. The van der Waals surface area contributed by atoms with E-state index in [0.29, 0.717) is 31.1 Å². The minimum Gasteiger partial charge on any atom is -0.340 e. The molecule has 0 spiro atoms. The zero-order valence-corrected chi connectivity index (χ0v) is 20.0. The molecule has 1 aromatic heterocycles. The van der Waals surface area contributed by atoms with Crippen molar-refractivity contribution in [2.24, 2.45) is 0 Å². The molecule has 0 saturated carbocycles. The molecule has 0 bridgehead atoms. The van der Waals surface area contributed by atoms with Crippen molar-refractivity contribution in [2.75, 3.05) is 26.2 Å². The third kappa shape index (κ3) is 4.92. The van der Waals surface area contributed by atoms with Crippen LogP contribution < -0.4 is 0 Å². The largest absolute Gasteiger partial charge is 0.340 e. The summed E-state index contributed by atoms with van der Waals surface area (Å²) in [5.74, 6) is -0.0180. The minimum absolute atomic E-state index is 0.0180. The first-order chi connectivity index (χ1) is 15.4. The van der Waals surface area contributed by atoms with Crippen LogP contribution >= 0.6 is 11.3 Å². The first-order valence-electron chi connectivity index (χ1n) is 10.7. The Balaban J connectivity index is 1.35. The molecule has 0 N–H and O–H groups in total. The van der Waals surface area contributed by atoms with E-state index in [9.17, 15) is 13.2 Å². The zero-order valence-electron chi connectivity index (χ0n) is 18.3. The van der Waals surface area contributed by atoms with Crippen LogP contribution in [0.2, 0.25) is 0 Å². The van der Waals surface area contributed by atoms with Crippen molar-refractivity contribution in [2.45, 2.75) is 31.6 Å². The summed E-state index contributed by atoms with van der Waals surface area (Å²) >= 11 is 1.54. The number of hydrogen-bond acceptors (Lipinski definition) is 5. The number of sulfonamides is 1. The van der Waals surface area contributed by atoms with Crippen LogP contribution in [0.4, 0.5) is 0 Å². The maximum absolute atomic E-state index is 12.9. The summed E-state index contributed by atoms with van der Waals surface area (Å²) in [4.78, 5) is 19.4. The number of carbonyl (C=O) groups excluding carboxylic acids is 1. The van der Waals surface area contributed by atoms with Gasteiger partial charge in [-0.2, -0.15) is 4.31 Å². The SMILES string of the molecule is CCc1ccc(-c2nc(CC(=O)N3CCN(S(=O)(=O)c4ccc(C)cc4)CC3)cs2)cc1. The van der Waals surface area contributed by atoms with Gasteiger partial charge in [-0.05, 0) is 31.0 Å². The monoisotopic (exact) mass is 469 g/mol. The van der Waals surface area contributed by atoms with E-state index in [1.54, 1.807) is 29.2 Å².